The number of carbonyl (C=O) groups is 1. The van der Waals surface area contributed by atoms with Gasteiger partial charge < -0.3 is 21.8 Å². The molecule has 9 nitrogen and oxygen atoms in total. The van der Waals surface area contributed by atoms with E-state index in [1.54, 1.807) is 0 Å². The van der Waals surface area contributed by atoms with Crippen molar-refractivity contribution >= 4 is 44.3 Å². The zero-order chi connectivity index (χ0) is 22.3. The summed E-state index contributed by atoms with van der Waals surface area (Å²) < 4.78 is 24.6. The Bertz CT molecular complexity index is 1060. The number of aromatic nitrogens is 1. The number of amides is 1. The van der Waals surface area contributed by atoms with Crippen LogP contribution in [0.5, 0.6) is 0 Å². The Balaban J connectivity index is 2.33. The molecule has 30 heavy (non-hydrogen) atoms. The van der Waals surface area contributed by atoms with Crippen LogP contribution in [0.2, 0.25) is 0 Å². The molecule has 6 N–H and O–H groups in total. The number of nitrogens with one attached hydrogen (secondary N) is 4. The maximum absolute atomic E-state index is 12.8. The first-order chi connectivity index (χ1) is 14.2. The number of hydrogen-bond donors (Lipinski definition) is 5. The summed E-state index contributed by atoms with van der Waals surface area (Å²) in [6.45, 7) is 4.50. The van der Waals surface area contributed by atoms with Gasteiger partial charge in [-0.15, -0.1) is 0 Å². The van der Waals surface area contributed by atoms with Gasteiger partial charge in [0.15, 0.2) is 0 Å². The molecule has 10 heteroatoms. The minimum Gasteiger partial charge on any atom is -0.404 e. The third-order valence-corrected chi connectivity index (χ3v) is 4.95. The maximum atomic E-state index is 12.8. The van der Waals surface area contributed by atoms with Crippen LogP contribution in [0.25, 0.3) is 16.5 Å². The van der Waals surface area contributed by atoms with Gasteiger partial charge in [0.2, 0.25) is 10.0 Å². The number of anilines is 1. The first kappa shape index (κ1) is 23.3. The molecule has 0 atom stereocenters. The Kier molecular flexibility index (Phi) is 7.90. The second-order valence-electron chi connectivity index (χ2n) is 7.12. The fourth-order valence-electron chi connectivity index (χ4n) is 2.86. The van der Waals surface area contributed by atoms with Gasteiger partial charge in [0.05, 0.1) is 23.0 Å². The number of pyridine rings is 1. The number of nitrogens with zero attached hydrogens (tertiary/aromatic N) is 1. The molecule has 0 fully saturated rings. The summed E-state index contributed by atoms with van der Waals surface area (Å²) in [6.07, 6.45) is 5.60. The van der Waals surface area contributed by atoms with E-state index in [9.17, 15) is 13.2 Å². The van der Waals surface area contributed by atoms with Crippen LogP contribution in [0.15, 0.2) is 30.6 Å². The first-order valence-electron chi connectivity index (χ1n) is 9.51. The maximum Gasteiger partial charge on any atom is 0.254 e. The van der Waals surface area contributed by atoms with Gasteiger partial charge in [-0.05, 0) is 38.0 Å². The molecule has 0 aliphatic rings. The molecule has 2 rings (SSSR count). The molecule has 162 valence electrons. The lowest BCUT2D eigenvalue weighted by atomic mass is 10.0. The topological polar surface area (TPSA) is 150 Å². The molecular formula is C20H28N6O3S. The predicted molar refractivity (Wildman–Crippen MR) is 121 cm³/mol. The summed E-state index contributed by atoms with van der Waals surface area (Å²) in [5, 5.41) is 14.4. The summed E-state index contributed by atoms with van der Waals surface area (Å²) in [7, 11) is -3.25. The fourth-order valence-corrected chi connectivity index (χ4v) is 3.37. The van der Waals surface area contributed by atoms with Crippen molar-refractivity contribution in [3.05, 3.63) is 41.7 Å². The fraction of sp³-hybridized carbons (Fsp3) is 0.350. The molecule has 0 bridgehead atoms. The van der Waals surface area contributed by atoms with Gasteiger partial charge in [0, 0.05) is 48.7 Å². The summed E-state index contributed by atoms with van der Waals surface area (Å²) in [6, 6.07) is 5.56. The molecule has 1 aromatic carbocycles. The number of hydrogen-bond acceptors (Lipinski definition) is 7. The highest BCUT2D eigenvalue weighted by Gasteiger charge is 2.17. The number of rotatable bonds is 10. The molecule has 1 heterocycles. The Morgan fingerprint density at radius 3 is 2.63 bits per heavy atom. The van der Waals surface area contributed by atoms with Crippen LogP contribution in [-0.4, -0.2) is 50.9 Å². The number of carbonyl (C=O) groups excluding carboxylic acids is 1. The Morgan fingerprint density at radius 2 is 2.03 bits per heavy atom. The highest BCUT2D eigenvalue weighted by molar-refractivity contribution is 7.88. The lowest BCUT2D eigenvalue weighted by molar-refractivity contribution is 0.0954. The highest BCUT2D eigenvalue weighted by atomic mass is 32.2. The van der Waals surface area contributed by atoms with Gasteiger partial charge in [-0.1, -0.05) is 6.07 Å². The minimum atomic E-state index is -3.25. The molecule has 0 aliphatic heterocycles. The van der Waals surface area contributed by atoms with Crippen molar-refractivity contribution in [3.8, 4) is 0 Å². The zero-order valence-corrected chi connectivity index (χ0v) is 18.1. The number of allylic oxidation sites excluding steroid dienone is 1. The van der Waals surface area contributed by atoms with Crippen molar-refractivity contribution in [2.45, 2.75) is 26.3 Å². The van der Waals surface area contributed by atoms with Crippen molar-refractivity contribution in [2.75, 3.05) is 24.7 Å². The van der Waals surface area contributed by atoms with Crippen molar-refractivity contribution in [2.24, 2.45) is 5.73 Å². The smallest absolute Gasteiger partial charge is 0.254 e. The monoisotopic (exact) mass is 432 g/mol. The average Bonchev–Trinajstić information content (AvgIpc) is 2.67. The summed E-state index contributed by atoms with van der Waals surface area (Å²) in [5.74, 6) is -0.307. The third kappa shape index (κ3) is 6.26. The van der Waals surface area contributed by atoms with Crippen molar-refractivity contribution in [3.63, 3.8) is 0 Å². The summed E-state index contributed by atoms with van der Waals surface area (Å²) >= 11 is 0. The highest BCUT2D eigenvalue weighted by Crippen LogP contribution is 2.29. The molecule has 0 unspecified atom stereocenters. The van der Waals surface area contributed by atoms with E-state index < -0.39 is 10.0 Å². The summed E-state index contributed by atoms with van der Waals surface area (Å²) in [4.78, 5) is 17.2. The van der Waals surface area contributed by atoms with Crippen molar-refractivity contribution < 1.29 is 13.2 Å². The number of nitrogens with two attached hydrogens (primary N) is 1. The van der Waals surface area contributed by atoms with Crippen LogP contribution in [0, 0.1) is 5.41 Å². The molecule has 1 aromatic heterocycles. The van der Waals surface area contributed by atoms with E-state index in [1.165, 1.54) is 18.6 Å². The van der Waals surface area contributed by atoms with Crippen LogP contribution >= 0.6 is 0 Å². The second kappa shape index (κ2) is 10.2. The van der Waals surface area contributed by atoms with Crippen LogP contribution in [0.3, 0.4) is 0 Å². The average molecular weight is 433 g/mol. The van der Waals surface area contributed by atoms with Gasteiger partial charge >= 0.3 is 0 Å². The van der Waals surface area contributed by atoms with E-state index in [-0.39, 0.29) is 18.5 Å². The Labute approximate surface area is 176 Å². The lowest BCUT2D eigenvalue weighted by Gasteiger charge is -2.17. The SMILES string of the molecule is CC(C)Nc1c(C(=O)NCCCNS(C)(=O)=O)cnc2ccc(/C(C=N)=C/N)cc12. The molecule has 2 aromatic rings. The number of fused-ring (bicyclic) bond motifs is 1. The van der Waals surface area contributed by atoms with Gasteiger partial charge in [-0.25, -0.2) is 13.1 Å². The number of benzene rings is 1. The van der Waals surface area contributed by atoms with Crippen LogP contribution < -0.4 is 21.1 Å². The van der Waals surface area contributed by atoms with Crippen molar-refractivity contribution in [1.29, 1.82) is 5.41 Å². The predicted octanol–water partition coefficient (Wildman–Crippen LogP) is 1.67. The van der Waals surface area contributed by atoms with E-state index in [1.807, 2.05) is 32.0 Å². The molecule has 0 saturated carbocycles. The molecule has 0 aliphatic carbocycles. The molecule has 0 spiro atoms. The molecular weight excluding hydrogens is 404 g/mol. The zero-order valence-electron chi connectivity index (χ0n) is 17.3. The molecule has 0 saturated heterocycles. The minimum absolute atomic E-state index is 0.0667. The van der Waals surface area contributed by atoms with Crippen LogP contribution in [0.1, 0.15) is 36.2 Å². The lowest BCUT2D eigenvalue weighted by Crippen LogP contribution is -2.30. The molecule has 1 amide bonds. The normalized spacial score (nSPS) is 12.2. The Hall–Kier alpha value is -2.98. The van der Waals surface area contributed by atoms with Crippen LogP contribution in [-0.2, 0) is 10.0 Å². The number of sulfonamides is 1. The van der Waals surface area contributed by atoms with E-state index in [4.69, 9.17) is 11.1 Å². The quantitative estimate of drug-likeness (QED) is 0.285. The van der Waals surface area contributed by atoms with Gasteiger partial charge in [-0.3, -0.25) is 9.78 Å². The van der Waals surface area contributed by atoms with E-state index in [0.717, 1.165) is 17.2 Å². The van der Waals surface area contributed by atoms with Gasteiger partial charge in [-0.2, -0.15) is 0 Å². The van der Waals surface area contributed by atoms with Crippen molar-refractivity contribution in [1.82, 2.24) is 15.0 Å². The van der Waals surface area contributed by atoms with E-state index >= 15 is 0 Å². The van der Waals surface area contributed by atoms with Gasteiger partial charge in [0.1, 0.15) is 0 Å². The summed E-state index contributed by atoms with van der Waals surface area (Å²) in [5.41, 5.74) is 8.65. The van der Waals surface area contributed by atoms with Crippen LogP contribution in [0.4, 0.5) is 5.69 Å². The third-order valence-electron chi connectivity index (χ3n) is 4.22. The van der Waals surface area contributed by atoms with Gasteiger partial charge in [0.25, 0.3) is 5.91 Å². The van der Waals surface area contributed by atoms with E-state index in [2.05, 4.69) is 20.3 Å². The largest absolute Gasteiger partial charge is 0.404 e. The Morgan fingerprint density at radius 1 is 1.30 bits per heavy atom. The second-order valence-corrected chi connectivity index (χ2v) is 8.95. The first-order valence-corrected chi connectivity index (χ1v) is 11.4. The van der Waals surface area contributed by atoms with E-state index in [0.29, 0.717) is 35.3 Å². The standard InChI is InChI=1S/C20H28N6O3S/c1-13(2)26-19-16-9-14(15(10-21)11-22)5-6-18(16)24-12-17(19)20(27)23-7-4-8-25-30(3,28)29/h5-6,9-13,21,25H,4,7-8,22H2,1-3H3,(H,23,27)(H,24,26)/b15-11+,21-10?. The molecule has 0 radical (unpaired) electrons.